The van der Waals surface area contributed by atoms with Crippen LogP contribution in [0.25, 0.3) is 6.08 Å². The molecule has 0 heterocycles. The van der Waals surface area contributed by atoms with E-state index in [0.717, 1.165) is 0 Å². The summed E-state index contributed by atoms with van der Waals surface area (Å²) in [5.41, 5.74) is 4.84. The van der Waals surface area contributed by atoms with Gasteiger partial charge in [0, 0.05) is 11.6 Å². The molecule has 6 heteroatoms. The van der Waals surface area contributed by atoms with E-state index in [2.05, 4.69) is 5.32 Å². The smallest absolute Gasteiger partial charge is 0.328 e. The molecular formula is C14H16N2O4. The molecule has 0 bridgehead atoms. The van der Waals surface area contributed by atoms with Crippen molar-refractivity contribution in [3.8, 4) is 0 Å². The van der Waals surface area contributed by atoms with Gasteiger partial charge in [-0.15, -0.1) is 0 Å². The van der Waals surface area contributed by atoms with E-state index in [-0.39, 0.29) is 0 Å². The summed E-state index contributed by atoms with van der Waals surface area (Å²) < 4.78 is 0. The Morgan fingerprint density at radius 3 is 2.20 bits per heavy atom. The highest BCUT2D eigenvalue weighted by Crippen LogP contribution is 2.06. The Labute approximate surface area is 116 Å². The Morgan fingerprint density at radius 2 is 1.75 bits per heavy atom. The Hall–Kier alpha value is -2.63. The van der Waals surface area contributed by atoms with Gasteiger partial charge in [-0.1, -0.05) is 12.1 Å². The molecular weight excluding hydrogens is 260 g/mol. The number of carbonyl (C=O) groups is 3. The fourth-order valence-corrected chi connectivity index (χ4v) is 1.33. The van der Waals surface area contributed by atoms with Crippen LogP contribution in [0.4, 0.5) is 0 Å². The van der Waals surface area contributed by atoms with E-state index in [1.807, 2.05) is 0 Å². The van der Waals surface area contributed by atoms with Crippen LogP contribution >= 0.6 is 0 Å². The maximum absolute atomic E-state index is 11.6. The van der Waals surface area contributed by atoms with Gasteiger partial charge in [-0.2, -0.15) is 0 Å². The van der Waals surface area contributed by atoms with Crippen molar-refractivity contribution in [1.82, 2.24) is 5.32 Å². The summed E-state index contributed by atoms with van der Waals surface area (Å²) in [6.07, 6.45) is 2.74. The number of hydrogen-bond donors (Lipinski definition) is 3. The van der Waals surface area contributed by atoms with Crippen molar-refractivity contribution in [1.29, 1.82) is 0 Å². The molecule has 20 heavy (non-hydrogen) atoms. The number of aliphatic carboxylic acids is 1. The van der Waals surface area contributed by atoms with Crippen LogP contribution in [-0.4, -0.2) is 28.4 Å². The van der Waals surface area contributed by atoms with Gasteiger partial charge >= 0.3 is 5.97 Å². The summed E-state index contributed by atoms with van der Waals surface area (Å²) >= 11 is 0. The van der Waals surface area contributed by atoms with Crippen molar-refractivity contribution in [2.75, 3.05) is 0 Å². The molecule has 0 aromatic heterocycles. The van der Waals surface area contributed by atoms with E-state index >= 15 is 0 Å². The molecule has 106 valence electrons. The first kappa shape index (κ1) is 15.4. The number of carbonyl (C=O) groups excluding carboxylic acids is 2. The molecule has 0 aliphatic rings. The second kappa shape index (κ2) is 6.01. The molecule has 4 N–H and O–H groups in total. The second-order valence-electron chi connectivity index (χ2n) is 4.74. The quantitative estimate of drug-likeness (QED) is 0.690. The Bertz CT molecular complexity index is 559. The molecule has 0 atom stereocenters. The molecule has 1 aromatic carbocycles. The van der Waals surface area contributed by atoms with E-state index in [1.165, 1.54) is 26.0 Å². The van der Waals surface area contributed by atoms with Crippen molar-refractivity contribution in [3.63, 3.8) is 0 Å². The molecule has 1 aromatic rings. The topological polar surface area (TPSA) is 109 Å². The Balaban J connectivity index is 2.70. The average molecular weight is 276 g/mol. The highest BCUT2D eigenvalue weighted by atomic mass is 16.4. The number of primary amides is 1. The summed E-state index contributed by atoms with van der Waals surface area (Å²) in [6, 6.07) is 6.35. The third-order valence-corrected chi connectivity index (χ3v) is 2.59. The zero-order valence-corrected chi connectivity index (χ0v) is 11.2. The summed E-state index contributed by atoms with van der Waals surface area (Å²) in [4.78, 5) is 33.3. The van der Waals surface area contributed by atoms with Gasteiger partial charge in [0.2, 0.25) is 11.8 Å². The minimum atomic E-state index is -1.34. The molecule has 0 aliphatic carbocycles. The molecule has 0 saturated carbocycles. The van der Waals surface area contributed by atoms with Crippen LogP contribution in [0, 0.1) is 0 Å². The third-order valence-electron chi connectivity index (χ3n) is 2.59. The SMILES string of the molecule is CC(C)(NC(=O)/C=C/c1ccc(C(N)=O)cc1)C(=O)O. The van der Waals surface area contributed by atoms with Crippen molar-refractivity contribution in [3.05, 3.63) is 41.5 Å². The van der Waals surface area contributed by atoms with Crippen LogP contribution in [0.1, 0.15) is 29.8 Å². The van der Waals surface area contributed by atoms with Gasteiger partial charge in [0.15, 0.2) is 0 Å². The predicted molar refractivity (Wildman–Crippen MR) is 73.9 cm³/mol. The average Bonchev–Trinajstić information content (AvgIpc) is 2.36. The standard InChI is InChI=1S/C14H16N2O4/c1-14(2,13(19)20)16-11(17)8-5-9-3-6-10(7-4-9)12(15)18/h3-8H,1-2H3,(H2,15,18)(H,16,17)(H,19,20)/b8-5+. The molecule has 1 rings (SSSR count). The Kier molecular flexibility index (Phi) is 4.63. The number of hydrogen-bond acceptors (Lipinski definition) is 3. The van der Waals surface area contributed by atoms with Crippen LogP contribution in [-0.2, 0) is 9.59 Å². The van der Waals surface area contributed by atoms with Gasteiger partial charge < -0.3 is 16.2 Å². The van der Waals surface area contributed by atoms with Crippen LogP contribution in [0.15, 0.2) is 30.3 Å². The van der Waals surface area contributed by atoms with Crippen molar-refractivity contribution >= 4 is 23.9 Å². The first-order valence-corrected chi connectivity index (χ1v) is 5.86. The third kappa shape index (κ3) is 4.24. The lowest BCUT2D eigenvalue weighted by atomic mass is 10.1. The van der Waals surface area contributed by atoms with Crippen LogP contribution in [0.3, 0.4) is 0 Å². The first-order valence-electron chi connectivity index (χ1n) is 5.86. The van der Waals surface area contributed by atoms with Gasteiger partial charge in [0.25, 0.3) is 0 Å². The lowest BCUT2D eigenvalue weighted by molar-refractivity contribution is -0.145. The monoisotopic (exact) mass is 276 g/mol. The van der Waals surface area contributed by atoms with Crippen LogP contribution < -0.4 is 11.1 Å². The van der Waals surface area contributed by atoms with Crippen LogP contribution in [0.5, 0.6) is 0 Å². The fraction of sp³-hybridized carbons (Fsp3) is 0.214. The molecule has 0 fully saturated rings. The normalized spacial score (nSPS) is 11.3. The molecule has 2 amide bonds. The first-order chi connectivity index (χ1) is 9.22. The summed E-state index contributed by atoms with van der Waals surface area (Å²) in [5.74, 6) is -2.16. The number of amides is 2. The fourth-order valence-electron chi connectivity index (χ4n) is 1.33. The van der Waals surface area contributed by atoms with Crippen molar-refractivity contribution < 1.29 is 19.5 Å². The van der Waals surface area contributed by atoms with Crippen LogP contribution in [0.2, 0.25) is 0 Å². The number of nitrogens with one attached hydrogen (secondary N) is 1. The number of rotatable bonds is 5. The van der Waals surface area contributed by atoms with Gasteiger partial charge in [-0.3, -0.25) is 9.59 Å². The summed E-state index contributed by atoms with van der Waals surface area (Å²) in [7, 11) is 0. The van der Waals surface area contributed by atoms with Gasteiger partial charge in [0.1, 0.15) is 5.54 Å². The van der Waals surface area contributed by atoms with E-state index in [4.69, 9.17) is 10.8 Å². The predicted octanol–water partition coefficient (Wildman–Crippen LogP) is 0.778. The number of carboxylic acid groups (broad SMARTS) is 1. The largest absolute Gasteiger partial charge is 0.480 e. The molecule has 0 radical (unpaired) electrons. The second-order valence-corrected chi connectivity index (χ2v) is 4.74. The minimum Gasteiger partial charge on any atom is -0.480 e. The van der Waals surface area contributed by atoms with Gasteiger partial charge in [-0.05, 0) is 37.6 Å². The summed E-state index contributed by atoms with van der Waals surface area (Å²) in [5, 5.41) is 11.2. The van der Waals surface area contributed by atoms with E-state index in [1.54, 1.807) is 24.3 Å². The number of benzene rings is 1. The molecule has 0 unspecified atom stereocenters. The lowest BCUT2D eigenvalue weighted by Gasteiger charge is -2.19. The minimum absolute atomic E-state index is 0.374. The van der Waals surface area contributed by atoms with Crippen molar-refractivity contribution in [2.24, 2.45) is 5.73 Å². The maximum Gasteiger partial charge on any atom is 0.328 e. The highest BCUT2D eigenvalue weighted by Gasteiger charge is 2.27. The van der Waals surface area contributed by atoms with E-state index in [0.29, 0.717) is 11.1 Å². The lowest BCUT2D eigenvalue weighted by Crippen LogP contribution is -2.49. The Morgan fingerprint density at radius 1 is 1.20 bits per heavy atom. The molecule has 0 spiro atoms. The summed E-state index contributed by atoms with van der Waals surface area (Å²) in [6.45, 7) is 2.78. The number of carboxylic acids is 1. The van der Waals surface area contributed by atoms with E-state index in [9.17, 15) is 14.4 Å². The van der Waals surface area contributed by atoms with E-state index < -0.39 is 23.3 Å². The molecule has 6 nitrogen and oxygen atoms in total. The zero-order chi connectivity index (χ0) is 15.3. The van der Waals surface area contributed by atoms with Gasteiger partial charge in [-0.25, -0.2) is 4.79 Å². The number of nitrogens with two attached hydrogens (primary N) is 1. The molecule has 0 aliphatic heterocycles. The molecule has 0 saturated heterocycles. The highest BCUT2D eigenvalue weighted by molar-refractivity contribution is 5.96. The zero-order valence-electron chi connectivity index (χ0n) is 11.2. The van der Waals surface area contributed by atoms with Crippen molar-refractivity contribution in [2.45, 2.75) is 19.4 Å². The maximum atomic E-state index is 11.6. The van der Waals surface area contributed by atoms with Gasteiger partial charge in [0.05, 0.1) is 0 Å².